The maximum absolute atomic E-state index is 12.8. The van der Waals surface area contributed by atoms with Crippen molar-refractivity contribution in [3.8, 4) is 34.1 Å². The molecule has 0 amide bonds. The van der Waals surface area contributed by atoms with E-state index in [0.29, 0.717) is 18.9 Å². The first-order valence-electron chi connectivity index (χ1n) is 11.1. The molecule has 0 aliphatic carbocycles. The number of nitrogens with zero attached hydrogens (tertiary/aromatic N) is 4. The van der Waals surface area contributed by atoms with Gasteiger partial charge in [0.15, 0.2) is 0 Å². The van der Waals surface area contributed by atoms with Gasteiger partial charge in [-0.25, -0.2) is 4.98 Å². The van der Waals surface area contributed by atoms with Gasteiger partial charge in [0, 0.05) is 55.8 Å². The highest BCUT2D eigenvalue weighted by molar-refractivity contribution is 5.69. The molecule has 0 saturated carbocycles. The van der Waals surface area contributed by atoms with Gasteiger partial charge in [0.1, 0.15) is 17.3 Å². The van der Waals surface area contributed by atoms with E-state index < -0.39 is 0 Å². The smallest absolute Gasteiger partial charge is 0.255 e. The predicted octanol–water partition coefficient (Wildman–Crippen LogP) is 3.47. The molecule has 1 N–H and O–H groups in total. The minimum absolute atomic E-state index is 0.0832. The monoisotopic (exact) mass is 455 g/mol. The molecule has 34 heavy (non-hydrogen) atoms. The van der Waals surface area contributed by atoms with E-state index in [1.807, 2.05) is 42.6 Å². The third kappa shape index (κ3) is 4.40. The summed E-state index contributed by atoms with van der Waals surface area (Å²) in [6.45, 7) is 2.08. The van der Waals surface area contributed by atoms with Gasteiger partial charge in [-0.2, -0.15) is 0 Å². The van der Waals surface area contributed by atoms with Gasteiger partial charge >= 0.3 is 0 Å². The van der Waals surface area contributed by atoms with Gasteiger partial charge in [-0.3, -0.25) is 19.7 Å². The summed E-state index contributed by atoms with van der Waals surface area (Å²) in [5.41, 5.74) is 5.14. The molecular weight excluding hydrogens is 430 g/mol. The van der Waals surface area contributed by atoms with Crippen LogP contribution in [0.1, 0.15) is 16.8 Å². The third-order valence-corrected chi connectivity index (χ3v) is 6.01. The van der Waals surface area contributed by atoms with Crippen LogP contribution in [0.5, 0.6) is 11.5 Å². The molecule has 1 aliphatic heterocycles. The highest BCUT2D eigenvalue weighted by Gasteiger charge is 2.22. The van der Waals surface area contributed by atoms with Crippen LogP contribution in [-0.4, -0.2) is 45.6 Å². The van der Waals surface area contributed by atoms with Crippen molar-refractivity contribution < 1.29 is 9.47 Å². The molecule has 5 rings (SSSR count). The second-order valence-corrected chi connectivity index (χ2v) is 8.15. The number of H-pyrrole nitrogens is 1. The lowest BCUT2D eigenvalue weighted by Crippen LogP contribution is -2.35. The Bertz CT molecular complexity index is 1350. The van der Waals surface area contributed by atoms with Crippen LogP contribution < -0.4 is 15.0 Å². The lowest BCUT2D eigenvalue weighted by atomic mass is 10.1. The molecule has 4 heterocycles. The molecule has 0 atom stereocenters. The number of ether oxygens (including phenoxy) is 2. The van der Waals surface area contributed by atoms with Gasteiger partial charge in [0.2, 0.25) is 0 Å². The number of nitrogens with one attached hydrogen (secondary N) is 1. The van der Waals surface area contributed by atoms with E-state index in [2.05, 4.69) is 25.9 Å². The maximum Gasteiger partial charge on any atom is 0.255 e. The van der Waals surface area contributed by atoms with E-state index in [1.54, 1.807) is 26.6 Å². The number of pyridine rings is 2. The summed E-state index contributed by atoms with van der Waals surface area (Å²) in [4.78, 5) is 31.4. The fraction of sp³-hybridized carbons (Fsp3) is 0.231. The largest absolute Gasteiger partial charge is 0.497 e. The van der Waals surface area contributed by atoms with Gasteiger partial charge in [-0.05, 0) is 42.0 Å². The van der Waals surface area contributed by atoms with E-state index in [9.17, 15) is 4.79 Å². The number of hydrogen-bond acceptors (Lipinski definition) is 7. The average Bonchev–Trinajstić information content (AvgIpc) is 2.89. The molecule has 0 fully saturated rings. The lowest BCUT2D eigenvalue weighted by Gasteiger charge is -2.27. The summed E-state index contributed by atoms with van der Waals surface area (Å²) in [5, 5.41) is 0. The van der Waals surface area contributed by atoms with E-state index in [1.165, 1.54) is 0 Å². The standard InChI is InChI=1S/C26H25N5O3/c1-33-19-4-6-24(34-2)20(13-19)22-5-3-17(14-28-22)15-31-12-9-23-21(16-31)26(32)30-25(29-23)18-7-10-27-11-8-18/h3-8,10-11,13-14H,9,12,15-16H2,1-2H3,(H,29,30,32). The number of aromatic amines is 1. The number of hydrogen-bond donors (Lipinski definition) is 1. The van der Waals surface area contributed by atoms with Gasteiger partial charge < -0.3 is 14.5 Å². The fourth-order valence-corrected chi connectivity index (χ4v) is 4.21. The van der Waals surface area contributed by atoms with Gasteiger partial charge in [0.05, 0.1) is 31.2 Å². The number of fused-ring (bicyclic) bond motifs is 1. The Kier molecular flexibility index (Phi) is 6.05. The Labute approximate surface area is 197 Å². The highest BCUT2D eigenvalue weighted by Crippen LogP contribution is 2.32. The van der Waals surface area contributed by atoms with Crippen molar-refractivity contribution in [2.45, 2.75) is 19.5 Å². The SMILES string of the molecule is COc1ccc(OC)c(-c2ccc(CN3CCc4nc(-c5ccncc5)[nH]c(=O)c4C3)cn2)c1. The van der Waals surface area contributed by atoms with Crippen molar-refractivity contribution in [1.29, 1.82) is 0 Å². The molecule has 8 heteroatoms. The number of benzene rings is 1. The second kappa shape index (κ2) is 9.44. The van der Waals surface area contributed by atoms with E-state index >= 15 is 0 Å². The summed E-state index contributed by atoms with van der Waals surface area (Å²) in [6.07, 6.45) is 5.99. The summed E-state index contributed by atoms with van der Waals surface area (Å²) >= 11 is 0. The van der Waals surface area contributed by atoms with Crippen LogP contribution in [0.25, 0.3) is 22.6 Å². The Hall–Kier alpha value is -4.04. The summed E-state index contributed by atoms with van der Waals surface area (Å²) in [6, 6.07) is 13.4. The molecule has 0 unspecified atom stereocenters. The third-order valence-electron chi connectivity index (χ3n) is 6.01. The minimum atomic E-state index is -0.0832. The molecule has 8 nitrogen and oxygen atoms in total. The van der Waals surface area contributed by atoms with Gasteiger partial charge in [0.25, 0.3) is 5.56 Å². The highest BCUT2D eigenvalue weighted by atomic mass is 16.5. The van der Waals surface area contributed by atoms with Crippen LogP contribution in [-0.2, 0) is 19.5 Å². The number of rotatable bonds is 6. The van der Waals surface area contributed by atoms with Gasteiger partial charge in [-0.15, -0.1) is 0 Å². The Morgan fingerprint density at radius 2 is 1.91 bits per heavy atom. The zero-order valence-corrected chi connectivity index (χ0v) is 19.1. The van der Waals surface area contributed by atoms with Gasteiger partial charge in [-0.1, -0.05) is 6.07 Å². The molecule has 172 valence electrons. The summed E-state index contributed by atoms with van der Waals surface area (Å²) in [5.74, 6) is 2.08. The molecule has 0 saturated heterocycles. The van der Waals surface area contributed by atoms with Crippen LogP contribution in [0, 0.1) is 0 Å². The molecular formula is C26H25N5O3. The molecule has 4 aromatic rings. The number of aromatic nitrogens is 4. The van der Waals surface area contributed by atoms with Crippen molar-refractivity contribution in [3.63, 3.8) is 0 Å². The molecule has 0 spiro atoms. The van der Waals surface area contributed by atoms with E-state index in [0.717, 1.165) is 58.1 Å². The van der Waals surface area contributed by atoms with Crippen molar-refractivity contribution in [2.75, 3.05) is 20.8 Å². The molecule has 0 bridgehead atoms. The van der Waals surface area contributed by atoms with Crippen LogP contribution in [0.15, 0.2) is 65.8 Å². The molecule has 3 aromatic heterocycles. The molecule has 1 aromatic carbocycles. The van der Waals surface area contributed by atoms with Crippen molar-refractivity contribution >= 4 is 0 Å². The first kappa shape index (κ1) is 21.8. The molecule has 0 radical (unpaired) electrons. The Morgan fingerprint density at radius 3 is 2.65 bits per heavy atom. The Morgan fingerprint density at radius 1 is 1.06 bits per heavy atom. The normalized spacial score (nSPS) is 13.4. The van der Waals surface area contributed by atoms with Crippen LogP contribution >= 0.6 is 0 Å². The minimum Gasteiger partial charge on any atom is -0.497 e. The maximum atomic E-state index is 12.8. The van der Waals surface area contributed by atoms with E-state index in [-0.39, 0.29) is 5.56 Å². The first-order chi connectivity index (χ1) is 16.6. The van der Waals surface area contributed by atoms with Crippen LogP contribution in [0.4, 0.5) is 0 Å². The Balaban J connectivity index is 1.32. The average molecular weight is 456 g/mol. The topological polar surface area (TPSA) is 93.2 Å². The quantitative estimate of drug-likeness (QED) is 0.476. The van der Waals surface area contributed by atoms with Crippen LogP contribution in [0.3, 0.4) is 0 Å². The van der Waals surface area contributed by atoms with Crippen molar-refractivity contribution in [2.24, 2.45) is 0 Å². The fourth-order valence-electron chi connectivity index (χ4n) is 4.21. The zero-order valence-electron chi connectivity index (χ0n) is 19.1. The predicted molar refractivity (Wildman–Crippen MR) is 129 cm³/mol. The van der Waals surface area contributed by atoms with E-state index in [4.69, 9.17) is 14.5 Å². The zero-order chi connectivity index (χ0) is 23.5. The second-order valence-electron chi connectivity index (χ2n) is 8.15. The lowest BCUT2D eigenvalue weighted by molar-refractivity contribution is 0.241. The molecule has 1 aliphatic rings. The first-order valence-corrected chi connectivity index (χ1v) is 11.1. The summed E-state index contributed by atoms with van der Waals surface area (Å²) < 4.78 is 10.8. The summed E-state index contributed by atoms with van der Waals surface area (Å²) in [7, 11) is 3.28. The number of methoxy groups -OCH3 is 2. The van der Waals surface area contributed by atoms with Crippen molar-refractivity contribution in [1.82, 2.24) is 24.8 Å². The van der Waals surface area contributed by atoms with Crippen LogP contribution in [0.2, 0.25) is 0 Å². The van der Waals surface area contributed by atoms with Crippen molar-refractivity contribution in [3.05, 3.63) is 88.2 Å².